The number of benzene rings is 1. The molecular weight excluding hydrogens is 314 g/mol. The van der Waals surface area contributed by atoms with Gasteiger partial charge in [-0.15, -0.1) is 0 Å². The van der Waals surface area contributed by atoms with Gasteiger partial charge in [-0.1, -0.05) is 37.3 Å². The van der Waals surface area contributed by atoms with Gasteiger partial charge in [-0.25, -0.2) is 4.79 Å². The Morgan fingerprint density at radius 2 is 2.00 bits per heavy atom. The van der Waals surface area contributed by atoms with Gasteiger partial charge < -0.3 is 19.9 Å². The molecule has 1 aromatic rings. The maximum atomic E-state index is 12.5. The number of likely N-dealkylation sites (tertiary alicyclic amines) is 1. The Labute approximate surface area is 152 Å². The smallest absolute Gasteiger partial charge is 0.317 e. The topological polar surface area (TPSA) is 44.8 Å². The summed E-state index contributed by atoms with van der Waals surface area (Å²) in [5, 5.41) is 3.07. The van der Waals surface area contributed by atoms with Crippen LogP contribution in [-0.4, -0.2) is 62.3 Å². The van der Waals surface area contributed by atoms with Crippen molar-refractivity contribution in [1.29, 1.82) is 0 Å². The van der Waals surface area contributed by atoms with E-state index in [4.69, 9.17) is 4.74 Å². The number of nitrogens with one attached hydrogen (secondary N) is 1. The van der Waals surface area contributed by atoms with Crippen LogP contribution in [0.5, 0.6) is 0 Å². The van der Waals surface area contributed by atoms with Gasteiger partial charge >= 0.3 is 6.03 Å². The van der Waals surface area contributed by atoms with Gasteiger partial charge in [0, 0.05) is 26.7 Å². The lowest BCUT2D eigenvalue weighted by atomic mass is 9.99. The molecule has 1 fully saturated rings. The summed E-state index contributed by atoms with van der Waals surface area (Å²) >= 11 is 0. The molecular formula is C20H33N3O2. The number of amides is 2. The number of hydrogen-bond acceptors (Lipinski definition) is 3. The van der Waals surface area contributed by atoms with Crippen molar-refractivity contribution in [2.24, 2.45) is 5.92 Å². The first kappa shape index (κ1) is 19.7. The van der Waals surface area contributed by atoms with Crippen LogP contribution in [0.3, 0.4) is 0 Å². The van der Waals surface area contributed by atoms with E-state index in [0.717, 1.165) is 31.0 Å². The van der Waals surface area contributed by atoms with Crippen LogP contribution in [-0.2, 0) is 11.3 Å². The number of carbonyl (C=O) groups is 1. The Morgan fingerprint density at radius 1 is 1.28 bits per heavy atom. The lowest BCUT2D eigenvalue weighted by Crippen LogP contribution is -2.42. The molecule has 1 aliphatic rings. The predicted octanol–water partition coefficient (Wildman–Crippen LogP) is 2.97. The third kappa shape index (κ3) is 7.45. The molecule has 0 atom stereocenters. The van der Waals surface area contributed by atoms with Crippen LogP contribution >= 0.6 is 0 Å². The number of ether oxygens (including phenoxy) is 1. The Hall–Kier alpha value is -1.59. The van der Waals surface area contributed by atoms with Gasteiger partial charge in [-0.05, 0) is 50.4 Å². The van der Waals surface area contributed by atoms with E-state index in [1.165, 1.54) is 25.9 Å². The van der Waals surface area contributed by atoms with Crippen molar-refractivity contribution in [1.82, 2.24) is 15.1 Å². The molecule has 140 valence electrons. The SMILES string of the molecule is COCCN(Cc1ccccc1)C(=O)NCCCN1CCC(C)CC1. The van der Waals surface area contributed by atoms with Crippen molar-refractivity contribution >= 4 is 6.03 Å². The lowest BCUT2D eigenvalue weighted by molar-refractivity contribution is 0.146. The Bertz CT molecular complexity index is 487. The molecule has 25 heavy (non-hydrogen) atoms. The summed E-state index contributed by atoms with van der Waals surface area (Å²) in [6.45, 7) is 8.28. The molecule has 1 N–H and O–H groups in total. The normalized spacial score (nSPS) is 15.9. The monoisotopic (exact) mass is 347 g/mol. The maximum Gasteiger partial charge on any atom is 0.317 e. The van der Waals surface area contributed by atoms with Crippen LogP contribution < -0.4 is 5.32 Å². The lowest BCUT2D eigenvalue weighted by Gasteiger charge is -2.30. The Morgan fingerprint density at radius 3 is 2.68 bits per heavy atom. The molecule has 2 amide bonds. The second-order valence-corrected chi connectivity index (χ2v) is 7.01. The molecule has 0 aromatic heterocycles. The van der Waals surface area contributed by atoms with Gasteiger partial charge in [0.05, 0.1) is 6.61 Å². The number of urea groups is 1. The minimum atomic E-state index is -0.00632. The minimum absolute atomic E-state index is 0.00632. The van der Waals surface area contributed by atoms with E-state index in [1.54, 1.807) is 7.11 Å². The highest BCUT2D eigenvalue weighted by Gasteiger charge is 2.16. The molecule has 5 nitrogen and oxygen atoms in total. The summed E-state index contributed by atoms with van der Waals surface area (Å²) in [4.78, 5) is 16.8. The summed E-state index contributed by atoms with van der Waals surface area (Å²) in [5.74, 6) is 0.864. The van der Waals surface area contributed by atoms with E-state index in [2.05, 4.69) is 17.1 Å². The van der Waals surface area contributed by atoms with Gasteiger partial charge in [0.15, 0.2) is 0 Å². The fourth-order valence-corrected chi connectivity index (χ4v) is 3.15. The van der Waals surface area contributed by atoms with E-state index in [-0.39, 0.29) is 6.03 Å². The fraction of sp³-hybridized carbons (Fsp3) is 0.650. The largest absolute Gasteiger partial charge is 0.383 e. The van der Waals surface area contributed by atoms with Gasteiger partial charge in [0.25, 0.3) is 0 Å². The van der Waals surface area contributed by atoms with Crippen LogP contribution in [0.4, 0.5) is 4.79 Å². The summed E-state index contributed by atoms with van der Waals surface area (Å²) in [7, 11) is 1.66. The van der Waals surface area contributed by atoms with Crippen LogP contribution in [0.1, 0.15) is 31.7 Å². The summed E-state index contributed by atoms with van der Waals surface area (Å²) in [6.07, 6.45) is 3.60. The molecule has 0 saturated carbocycles. The fourth-order valence-electron chi connectivity index (χ4n) is 3.15. The quantitative estimate of drug-likeness (QED) is 0.699. The zero-order valence-corrected chi connectivity index (χ0v) is 15.7. The van der Waals surface area contributed by atoms with Crippen LogP contribution in [0, 0.1) is 5.92 Å². The van der Waals surface area contributed by atoms with E-state index in [1.807, 2.05) is 35.2 Å². The maximum absolute atomic E-state index is 12.5. The van der Waals surface area contributed by atoms with E-state index >= 15 is 0 Å². The van der Waals surface area contributed by atoms with E-state index in [9.17, 15) is 4.79 Å². The highest BCUT2D eigenvalue weighted by Crippen LogP contribution is 2.15. The predicted molar refractivity (Wildman–Crippen MR) is 102 cm³/mol. The van der Waals surface area contributed by atoms with Crippen molar-refractivity contribution in [2.45, 2.75) is 32.7 Å². The number of rotatable bonds is 9. The molecule has 0 aliphatic carbocycles. The third-order valence-electron chi connectivity index (χ3n) is 4.87. The van der Waals surface area contributed by atoms with Crippen molar-refractivity contribution < 1.29 is 9.53 Å². The number of nitrogens with zero attached hydrogens (tertiary/aromatic N) is 2. The zero-order valence-electron chi connectivity index (χ0n) is 15.7. The molecule has 0 bridgehead atoms. The molecule has 2 rings (SSSR count). The average Bonchev–Trinajstić information content (AvgIpc) is 2.64. The molecule has 1 aliphatic heterocycles. The minimum Gasteiger partial charge on any atom is -0.383 e. The first-order valence-corrected chi connectivity index (χ1v) is 9.47. The molecule has 0 spiro atoms. The second-order valence-electron chi connectivity index (χ2n) is 7.01. The van der Waals surface area contributed by atoms with Crippen molar-refractivity contribution in [3.8, 4) is 0 Å². The first-order valence-electron chi connectivity index (χ1n) is 9.47. The number of piperidine rings is 1. The van der Waals surface area contributed by atoms with Gasteiger partial charge in [0.2, 0.25) is 0 Å². The van der Waals surface area contributed by atoms with Crippen LogP contribution in [0.15, 0.2) is 30.3 Å². The van der Waals surface area contributed by atoms with Gasteiger partial charge in [-0.3, -0.25) is 0 Å². The Balaban J connectivity index is 1.71. The highest BCUT2D eigenvalue weighted by atomic mass is 16.5. The number of methoxy groups -OCH3 is 1. The molecule has 5 heteroatoms. The molecule has 0 unspecified atom stereocenters. The molecule has 1 heterocycles. The second kappa shape index (κ2) is 11.1. The van der Waals surface area contributed by atoms with Crippen molar-refractivity contribution in [2.75, 3.05) is 46.4 Å². The number of hydrogen-bond donors (Lipinski definition) is 1. The van der Waals surface area contributed by atoms with Crippen molar-refractivity contribution in [3.63, 3.8) is 0 Å². The highest BCUT2D eigenvalue weighted by molar-refractivity contribution is 5.74. The molecule has 0 radical (unpaired) electrons. The average molecular weight is 348 g/mol. The molecule has 1 aromatic carbocycles. The Kier molecular flexibility index (Phi) is 8.77. The van der Waals surface area contributed by atoms with Crippen LogP contribution in [0.25, 0.3) is 0 Å². The van der Waals surface area contributed by atoms with E-state index < -0.39 is 0 Å². The summed E-state index contributed by atoms with van der Waals surface area (Å²) < 4.78 is 5.15. The molecule has 1 saturated heterocycles. The van der Waals surface area contributed by atoms with Gasteiger partial charge in [-0.2, -0.15) is 0 Å². The third-order valence-corrected chi connectivity index (χ3v) is 4.87. The standard InChI is InChI=1S/C20H33N3O2/c1-18-9-13-22(14-10-18)12-6-11-21-20(24)23(15-16-25-2)17-19-7-4-3-5-8-19/h3-5,7-8,18H,6,9-17H2,1-2H3,(H,21,24). The van der Waals surface area contributed by atoms with E-state index in [0.29, 0.717) is 19.7 Å². The van der Waals surface area contributed by atoms with Crippen LogP contribution in [0.2, 0.25) is 0 Å². The van der Waals surface area contributed by atoms with Gasteiger partial charge in [0.1, 0.15) is 0 Å². The van der Waals surface area contributed by atoms with Crippen molar-refractivity contribution in [3.05, 3.63) is 35.9 Å². The first-order chi connectivity index (χ1) is 12.2. The number of carbonyl (C=O) groups excluding carboxylic acids is 1. The zero-order chi connectivity index (χ0) is 17.9. The summed E-state index contributed by atoms with van der Waals surface area (Å²) in [5.41, 5.74) is 1.14. The summed E-state index contributed by atoms with van der Waals surface area (Å²) in [6, 6.07) is 10.1.